The molecule has 23 heavy (non-hydrogen) atoms. The number of benzene rings is 2. The lowest BCUT2D eigenvalue weighted by Gasteiger charge is -2.13. The first kappa shape index (κ1) is 16.1. The van der Waals surface area contributed by atoms with Crippen molar-refractivity contribution in [3.05, 3.63) is 64.2 Å². The molecule has 0 aliphatic carbocycles. The first-order valence-electron chi connectivity index (χ1n) is 7.40. The lowest BCUT2D eigenvalue weighted by Crippen LogP contribution is -2.04. The summed E-state index contributed by atoms with van der Waals surface area (Å²) in [6.07, 6.45) is 1.84. The van der Waals surface area contributed by atoms with E-state index in [4.69, 9.17) is 11.6 Å². The van der Waals surface area contributed by atoms with E-state index in [0.717, 1.165) is 32.1 Å². The van der Waals surface area contributed by atoms with Gasteiger partial charge in [0.2, 0.25) is 0 Å². The van der Waals surface area contributed by atoms with Crippen LogP contribution in [0.5, 0.6) is 0 Å². The molecule has 2 aromatic carbocycles. The van der Waals surface area contributed by atoms with Crippen molar-refractivity contribution in [1.82, 2.24) is 9.78 Å². The van der Waals surface area contributed by atoms with Crippen LogP contribution >= 0.6 is 27.5 Å². The van der Waals surface area contributed by atoms with Gasteiger partial charge in [-0.2, -0.15) is 5.10 Å². The summed E-state index contributed by atoms with van der Waals surface area (Å²) in [5.41, 5.74) is 4.22. The highest BCUT2D eigenvalue weighted by Crippen LogP contribution is 2.32. The highest BCUT2D eigenvalue weighted by molar-refractivity contribution is 9.10. The van der Waals surface area contributed by atoms with Crippen LogP contribution in [0.1, 0.15) is 19.9 Å². The average molecular weight is 391 g/mol. The van der Waals surface area contributed by atoms with E-state index < -0.39 is 0 Å². The second kappa shape index (κ2) is 6.77. The van der Waals surface area contributed by atoms with Crippen LogP contribution in [0, 0.1) is 0 Å². The first-order valence-corrected chi connectivity index (χ1v) is 8.58. The van der Waals surface area contributed by atoms with E-state index in [1.54, 1.807) is 0 Å². The Morgan fingerprint density at radius 1 is 1.09 bits per heavy atom. The SMILES string of the molecule is CC(C)n1ncc(Br)c1-c1cccc(Nc2ccc(Cl)cc2)c1. The van der Waals surface area contributed by atoms with Gasteiger partial charge in [-0.3, -0.25) is 4.68 Å². The van der Waals surface area contributed by atoms with Gasteiger partial charge in [-0.1, -0.05) is 23.7 Å². The standard InChI is InChI=1S/C18H17BrClN3/c1-12(2)23-18(17(19)11-21-23)13-4-3-5-16(10-13)22-15-8-6-14(20)7-9-15/h3-12,22H,1-2H3. The Labute approximate surface area is 149 Å². The van der Waals surface area contributed by atoms with Crippen LogP contribution in [-0.4, -0.2) is 9.78 Å². The molecule has 3 nitrogen and oxygen atoms in total. The molecule has 0 amide bonds. The van der Waals surface area contributed by atoms with E-state index in [1.807, 2.05) is 47.3 Å². The second-order valence-electron chi connectivity index (χ2n) is 5.59. The molecule has 1 N–H and O–H groups in total. The predicted octanol–water partition coefficient (Wildman–Crippen LogP) is 6.29. The maximum atomic E-state index is 5.93. The highest BCUT2D eigenvalue weighted by atomic mass is 79.9. The molecule has 1 heterocycles. The Balaban J connectivity index is 1.94. The fourth-order valence-electron chi connectivity index (χ4n) is 2.45. The van der Waals surface area contributed by atoms with Crippen molar-refractivity contribution in [2.45, 2.75) is 19.9 Å². The number of nitrogens with zero attached hydrogens (tertiary/aromatic N) is 2. The van der Waals surface area contributed by atoms with E-state index >= 15 is 0 Å². The fraction of sp³-hybridized carbons (Fsp3) is 0.167. The smallest absolute Gasteiger partial charge is 0.0828 e. The summed E-state index contributed by atoms with van der Waals surface area (Å²) in [6.45, 7) is 4.25. The molecule has 0 unspecified atom stereocenters. The number of nitrogens with one attached hydrogen (secondary N) is 1. The fourth-order valence-corrected chi connectivity index (χ4v) is 3.08. The van der Waals surface area contributed by atoms with Gasteiger partial charge >= 0.3 is 0 Å². The summed E-state index contributed by atoms with van der Waals surface area (Å²) in [5, 5.41) is 8.58. The third-order valence-corrected chi connectivity index (χ3v) is 4.34. The van der Waals surface area contributed by atoms with Crippen LogP contribution in [0.15, 0.2) is 59.2 Å². The zero-order valence-electron chi connectivity index (χ0n) is 12.9. The molecule has 0 saturated heterocycles. The maximum Gasteiger partial charge on any atom is 0.0828 e. The van der Waals surface area contributed by atoms with E-state index in [-0.39, 0.29) is 0 Å². The number of hydrogen-bond acceptors (Lipinski definition) is 2. The average Bonchev–Trinajstić information content (AvgIpc) is 2.92. The molecule has 0 fully saturated rings. The van der Waals surface area contributed by atoms with Crippen molar-refractivity contribution >= 4 is 38.9 Å². The van der Waals surface area contributed by atoms with Gasteiger partial charge in [-0.25, -0.2) is 0 Å². The molecule has 118 valence electrons. The number of hydrogen-bond donors (Lipinski definition) is 1. The number of anilines is 2. The largest absolute Gasteiger partial charge is 0.356 e. The maximum absolute atomic E-state index is 5.93. The second-order valence-corrected chi connectivity index (χ2v) is 6.88. The third-order valence-electron chi connectivity index (χ3n) is 3.51. The Morgan fingerprint density at radius 2 is 1.83 bits per heavy atom. The molecule has 0 bridgehead atoms. The van der Waals surface area contributed by atoms with Gasteiger partial charge in [0.25, 0.3) is 0 Å². The molecular formula is C18H17BrClN3. The minimum absolute atomic E-state index is 0.296. The molecule has 0 atom stereocenters. The van der Waals surface area contributed by atoms with E-state index in [0.29, 0.717) is 6.04 Å². The molecule has 3 rings (SSSR count). The van der Waals surface area contributed by atoms with Gasteiger partial charge in [-0.15, -0.1) is 0 Å². The molecule has 1 aromatic heterocycles. The van der Waals surface area contributed by atoms with E-state index in [1.165, 1.54) is 0 Å². The first-order chi connectivity index (χ1) is 11.0. The lowest BCUT2D eigenvalue weighted by molar-refractivity contribution is 0.538. The topological polar surface area (TPSA) is 29.9 Å². The summed E-state index contributed by atoms with van der Waals surface area (Å²) >= 11 is 9.53. The quantitative estimate of drug-likeness (QED) is 0.567. The monoisotopic (exact) mass is 389 g/mol. The number of rotatable bonds is 4. The molecule has 0 aliphatic heterocycles. The van der Waals surface area contributed by atoms with Crippen molar-refractivity contribution in [2.75, 3.05) is 5.32 Å². The minimum Gasteiger partial charge on any atom is -0.356 e. The summed E-state index contributed by atoms with van der Waals surface area (Å²) in [5.74, 6) is 0. The zero-order valence-corrected chi connectivity index (χ0v) is 15.3. The summed E-state index contributed by atoms with van der Waals surface area (Å²) in [7, 11) is 0. The van der Waals surface area contributed by atoms with Crippen molar-refractivity contribution in [3.8, 4) is 11.3 Å². The molecule has 0 spiro atoms. The van der Waals surface area contributed by atoms with Crippen LogP contribution in [-0.2, 0) is 0 Å². The van der Waals surface area contributed by atoms with Gasteiger partial charge in [0.15, 0.2) is 0 Å². The predicted molar refractivity (Wildman–Crippen MR) is 100 cm³/mol. The number of aromatic nitrogens is 2. The van der Waals surface area contributed by atoms with Gasteiger partial charge in [0.1, 0.15) is 0 Å². The Hall–Kier alpha value is -1.78. The van der Waals surface area contributed by atoms with Crippen molar-refractivity contribution in [2.24, 2.45) is 0 Å². The van der Waals surface area contributed by atoms with E-state index in [2.05, 4.69) is 52.3 Å². The van der Waals surface area contributed by atoms with Crippen LogP contribution in [0.4, 0.5) is 11.4 Å². The third kappa shape index (κ3) is 3.59. The van der Waals surface area contributed by atoms with Crippen LogP contribution < -0.4 is 5.32 Å². The van der Waals surface area contributed by atoms with Crippen molar-refractivity contribution < 1.29 is 0 Å². The summed E-state index contributed by atoms with van der Waals surface area (Å²) in [6, 6.07) is 16.3. The normalized spacial score (nSPS) is 11.0. The zero-order chi connectivity index (χ0) is 16.4. The van der Waals surface area contributed by atoms with Crippen molar-refractivity contribution in [3.63, 3.8) is 0 Å². The summed E-state index contributed by atoms with van der Waals surface area (Å²) in [4.78, 5) is 0. The number of halogens is 2. The Kier molecular flexibility index (Phi) is 4.74. The summed E-state index contributed by atoms with van der Waals surface area (Å²) < 4.78 is 3.01. The van der Waals surface area contributed by atoms with Crippen LogP contribution in [0.2, 0.25) is 5.02 Å². The van der Waals surface area contributed by atoms with Gasteiger partial charge < -0.3 is 5.32 Å². The molecule has 0 saturated carbocycles. The van der Waals surface area contributed by atoms with Gasteiger partial charge in [0, 0.05) is 28.0 Å². The molecule has 3 aromatic rings. The highest BCUT2D eigenvalue weighted by Gasteiger charge is 2.13. The Bertz CT molecular complexity index is 809. The van der Waals surface area contributed by atoms with Gasteiger partial charge in [-0.05, 0) is 66.2 Å². The molecule has 5 heteroatoms. The van der Waals surface area contributed by atoms with Crippen molar-refractivity contribution in [1.29, 1.82) is 0 Å². The lowest BCUT2D eigenvalue weighted by atomic mass is 10.1. The minimum atomic E-state index is 0.296. The van der Waals surface area contributed by atoms with E-state index in [9.17, 15) is 0 Å². The van der Waals surface area contributed by atoms with Gasteiger partial charge in [0.05, 0.1) is 16.4 Å². The van der Waals surface area contributed by atoms with Crippen LogP contribution in [0.3, 0.4) is 0 Å². The molecule has 0 aliphatic rings. The Morgan fingerprint density at radius 3 is 2.52 bits per heavy atom. The van der Waals surface area contributed by atoms with Crippen LogP contribution in [0.25, 0.3) is 11.3 Å². The molecular weight excluding hydrogens is 374 g/mol. The molecule has 0 radical (unpaired) electrons.